The van der Waals surface area contributed by atoms with E-state index in [0.717, 1.165) is 24.0 Å². The van der Waals surface area contributed by atoms with Crippen LogP contribution in [0.25, 0.3) is 27.8 Å². The van der Waals surface area contributed by atoms with Gasteiger partial charge in [0.15, 0.2) is 11.3 Å². The number of para-hydroxylation sites is 2. The van der Waals surface area contributed by atoms with Crippen LogP contribution in [0.4, 0.5) is 5.82 Å². The van der Waals surface area contributed by atoms with Gasteiger partial charge < -0.3 is 10.6 Å². The molecule has 0 saturated carbocycles. The zero-order valence-corrected chi connectivity index (χ0v) is 14.1. The Morgan fingerprint density at radius 2 is 2.00 bits per heavy atom. The number of amides is 1. The lowest BCUT2D eigenvalue weighted by molar-refractivity contribution is 0.0964. The molecule has 126 valence electrons. The minimum absolute atomic E-state index is 0.197. The third-order valence-electron chi connectivity index (χ3n) is 4.10. The van der Waals surface area contributed by atoms with Gasteiger partial charge in [0.1, 0.15) is 11.3 Å². The van der Waals surface area contributed by atoms with Gasteiger partial charge in [0.2, 0.25) is 0 Å². The molecule has 0 aliphatic rings. The van der Waals surface area contributed by atoms with Crippen molar-refractivity contribution in [2.24, 2.45) is 0 Å². The van der Waals surface area contributed by atoms with E-state index in [1.54, 1.807) is 19.3 Å². The summed E-state index contributed by atoms with van der Waals surface area (Å²) in [4.78, 5) is 26.2. The first-order chi connectivity index (χ1) is 12.2. The maximum Gasteiger partial charge on any atom is 0.254 e. The Labute approximate surface area is 144 Å². The average molecular weight is 334 g/mol. The van der Waals surface area contributed by atoms with Crippen molar-refractivity contribution in [3.8, 4) is 0 Å². The molecule has 0 fully saturated rings. The van der Waals surface area contributed by atoms with Gasteiger partial charge in [-0.2, -0.15) is 0 Å². The number of pyridine rings is 1. The maximum atomic E-state index is 12.3. The minimum atomic E-state index is -0.197. The van der Waals surface area contributed by atoms with Crippen LogP contribution in [-0.2, 0) is 0 Å². The van der Waals surface area contributed by atoms with Gasteiger partial charge in [0, 0.05) is 13.6 Å². The van der Waals surface area contributed by atoms with Crippen molar-refractivity contribution in [3.63, 3.8) is 0 Å². The highest BCUT2D eigenvalue weighted by Crippen LogP contribution is 2.25. The number of anilines is 1. The molecule has 0 bridgehead atoms. The van der Waals surface area contributed by atoms with Crippen LogP contribution in [0, 0.1) is 0 Å². The van der Waals surface area contributed by atoms with E-state index in [4.69, 9.17) is 4.98 Å². The van der Waals surface area contributed by atoms with Crippen molar-refractivity contribution in [2.75, 3.05) is 18.9 Å². The predicted molar refractivity (Wildman–Crippen MR) is 98.0 cm³/mol. The standard InChI is InChI=1S/C18H18N6O/c1-3-8-20-15-10-21-13-9-11(18(25)19-2)16-22-12-6-4-5-7-14(12)24(16)17(13)23-15/h4-7,9-10H,3,8H2,1-2H3,(H,19,25)(H,20,23). The molecular formula is C18H18N6O. The van der Waals surface area contributed by atoms with E-state index in [0.29, 0.717) is 28.2 Å². The van der Waals surface area contributed by atoms with Gasteiger partial charge in [-0.05, 0) is 24.6 Å². The fourth-order valence-electron chi connectivity index (χ4n) is 2.92. The smallest absolute Gasteiger partial charge is 0.254 e. The van der Waals surface area contributed by atoms with Gasteiger partial charge in [0.25, 0.3) is 5.91 Å². The van der Waals surface area contributed by atoms with Gasteiger partial charge in [-0.15, -0.1) is 0 Å². The topological polar surface area (TPSA) is 84.2 Å². The van der Waals surface area contributed by atoms with Crippen molar-refractivity contribution in [1.82, 2.24) is 24.7 Å². The number of aromatic nitrogens is 4. The molecule has 7 nitrogen and oxygen atoms in total. The molecule has 4 rings (SSSR count). The van der Waals surface area contributed by atoms with Crippen molar-refractivity contribution < 1.29 is 4.79 Å². The number of carbonyl (C=O) groups is 1. The maximum absolute atomic E-state index is 12.3. The fraction of sp³-hybridized carbons (Fsp3) is 0.222. The van der Waals surface area contributed by atoms with Crippen LogP contribution in [0.2, 0.25) is 0 Å². The van der Waals surface area contributed by atoms with Crippen LogP contribution in [0.1, 0.15) is 23.7 Å². The lowest BCUT2D eigenvalue weighted by Crippen LogP contribution is -2.19. The van der Waals surface area contributed by atoms with Crippen molar-refractivity contribution in [1.29, 1.82) is 0 Å². The van der Waals surface area contributed by atoms with Crippen LogP contribution in [0.5, 0.6) is 0 Å². The molecule has 0 atom stereocenters. The molecule has 0 spiro atoms. The Bertz CT molecular complexity index is 1100. The molecular weight excluding hydrogens is 316 g/mol. The van der Waals surface area contributed by atoms with Crippen LogP contribution >= 0.6 is 0 Å². The van der Waals surface area contributed by atoms with Gasteiger partial charge in [-0.25, -0.2) is 15.0 Å². The Hall–Kier alpha value is -3.22. The third kappa shape index (κ3) is 2.44. The van der Waals surface area contributed by atoms with E-state index >= 15 is 0 Å². The van der Waals surface area contributed by atoms with Crippen molar-refractivity contribution in [3.05, 3.63) is 42.1 Å². The highest BCUT2D eigenvalue weighted by atomic mass is 16.1. The molecule has 2 N–H and O–H groups in total. The summed E-state index contributed by atoms with van der Waals surface area (Å²) >= 11 is 0. The molecule has 4 aromatic rings. The van der Waals surface area contributed by atoms with Crippen LogP contribution in [0.15, 0.2) is 36.5 Å². The molecule has 3 heterocycles. The Kier molecular flexibility index (Phi) is 3.68. The van der Waals surface area contributed by atoms with Crippen LogP contribution in [-0.4, -0.2) is 38.9 Å². The summed E-state index contributed by atoms with van der Waals surface area (Å²) < 4.78 is 1.90. The first-order valence-corrected chi connectivity index (χ1v) is 8.26. The van der Waals surface area contributed by atoms with E-state index in [1.165, 1.54) is 0 Å². The molecule has 0 saturated heterocycles. The minimum Gasteiger partial charge on any atom is -0.369 e. The molecule has 0 aliphatic carbocycles. The number of hydrogen-bond acceptors (Lipinski definition) is 5. The number of benzene rings is 1. The average Bonchev–Trinajstić information content (AvgIpc) is 3.04. The van der Waals surface area contributed by atoms with E-state index in [2.05, 4.69) is 27.5 Å². The highest BCUT2D eigenvalue weighted by Gasteiger charge is 2.18. The number of carbonyl (C=O) groups excluding carboxylic acids is 1. The van der Waals surface area contributed by atoms with E-state index in [9.17, 15) is 4.79 Å². The van der Waals surface area contributed by atoms with Crippen molar-refractivity contribution >= 4 is 39.6 Å². The zero-order valence-electron chi connectivity index (χ0n) is 14.1. The molecule has 0 radical (unpaired) electrons. The molecule has 0 unspecified atom stereocenters. The van der Waals surface area contributed by atoms with E-state index in [1.807, 2.05) is 28.7 Å². The molecule has 1 aromatic carbocycles. The van der Waals surface area contributed by atoms with E-state index in [-0.39, 0.29) is 5.91 Å². The molecule has 7 heteroatoms. The number of nitrogens with zero attached hydrogens (tertiary/aromatic N) is 4. The Morgan fingerprint density at radius 3 is 2.80 bits per heavy atom. The molecule has 25 heavy (non-hydrogen) atoms. The van der Waals surface area contributed by atoms with Gasteiger partial charge >= 0.3 is 0 Å². The molecule has 0 aliphatic heterocycles. The summed E-state index contributed by atoms with van der Waals surface area (Å²) in [5, 5.41) is 5.92. The summed E-state index contributed by atoms with van der Waals surface area (Å²) in [6, 6.07) is 9.51. The summed E-state index contributed by atoms with van der Waals surface area (Å²) in [5.41, 5.74) is 4.10. The highest BCUT2D eigenvalue weighted by molar-refractivity contribution is 6.04. The van der Waals surface area contributed by atoms with Crippen LogP contribution < -0.4 is 10.6 Å². The predicted octanol–water partition coefficient (Wildman–Crippen LogP) is 2.61. The number of nitrogens with one attached hydrogen (secondary N) is 2. The third-order valence-corrected chi connectivity index (χ3v) is 4.10. The first kappa shape index (κ1) is 15.3. The summed E-state index contributed by atoms with van der Waals surface area (Å²) in [6.45, 7) is 2.92. The molecule has 3 aromatic heterocycles. The second kappa shape index (κ2) is 6.01. The van der Waals surface area contributed by atoms with Gasteiger partial charge in [0.05, 0.1) is 22.8 Å². The quantitative estimate of drug-likeness (QED) is 0.599. The number of hydrogen-bond donors (Lipinski definition) is 2. The summed E-state index contributed by atoms with van der Waals surface area (Å²) in [7, 11) is 1.61. The second-order valence-corrected chi connectivity index (χ2v) is 5.79. The largest absolute Gasteiger partial charge is 0.369 e. The van der Waals surface area contributed by atoms with Gasteiger partial charge in [-0.1, -0.05) is 19.1 Å². The first-order valence-electron chi connectivity index (χ1n) is 8.26. The number of rotatable bonds is 4. The normalized spacial score (nSPS) is 11.3. The lowest BCUT2D eigenvalue weighted by atomic mass is 10.2. The number of fused-ring (bicyclic) bond motifs is 5. The SMILES string of the molecule is CCCNc1cnc2cc(C(=O)NC)c3nc4ccccc4n3c2n1. The monoisotopic (exact) mass is 334 g/mol. The number of imidazole rings is 1. The molecule has 1 amide bonds. The lowest BCUT2D eigenvalue weighted by Gasteiger charge is -2.09. The fourth-order valence-corrected chi connectivity index (χ4v) is 2.92. The van der Waals surface area contributed by atoms with Crippen LogP contribution in [0.3, 0.4) is 0 Å². The Morgan fingerprint density at radius 1 is 1.16 bits per heavy atom. The van der Waals surface area contributed by atoms with Crippen molar-refractivity contribution in [2.45, 2.75) is 13.3 Å². The summed E-state index contributed by atoms with van der Waals surface area (Å²) in [6.07, 6.45) is 2.69. The summed E-state index contributed by atoms with van der Waals surface area (Å²) in [5.74, 6) is 0.512. The van der Waals surface area contributed by atoms with E-state index < -0.39 is 0 Å². The van der Waals surface area contributed by atoms with Gasteiger partial charge in [-0.3, -0.25) is 9.20 Å². The Balaban J connectivity index is 2.10. The second-order valence-electron chi connectivity index (χ2n) is 5.79. The zero-order chi connectivity index (χ0) is 17.4.